The van der Waals surface area contributed by atoms with E-state index < -0.39 is 0 Å². The van der Waals surface area contributed by atoms with Gasteiger partial charge in [-0.2, -0.15) is 0 Å². The van der Waals surface area contributed by atoms with E-state index >= 15 is 0 Å². The lowest BCUT2D eigenvalue weighted by Gasteiger charge is -2.14. The second-order valence-corrected chi connectivity index (χ2v) is 4.24. The normalized spacial score (nSPS) is 16.5. The minimum Gasteiger partial charge on any atom is -0.494 e. The number of guanidine groups is 1. The zero-order valence-corrected chi connectivity index (χ0v) is 10.9. The molecule has 0 amide bonds. The summed E-state index contributed by atoms with van der Waals surface area (Å²) in [4.78, 5) is 6.53. The fourth-order valence-corrected chi connectivity index (χ4v) is 1.91. The van der Waals surface area contributed by atoms with Gasteiger partial charge in [0, 0.05) is 24.2 Å². The molecule has 0 radical (unpaired) electrons. The Bertz CT molecular complexity index is 507. The standard InChI is InChI=1S/C13H14ClN3O/c1-3-7-17-8-6-15-13(17)16-11-5-4-10(14)9-12(11)18-2/h1,4-5,9H,6-8H2,2H3,(H,15,16). The number of halogens is 1. The summed E-state index contributed by atoms with van der Waals surface area (Å²) in [6.45, 7) is 2.25. The van der Waals surface area contributed by atoms with E-state index in [9.17, 15) is 0 Å². The summed E-state index contributed by atoms with van der Waals surface area (Å²) in [5, 5.41) is 3.82. The van der Waals surface area contributed by atoms with Crippen molar-refractivity contribution in [2.45, 2.75) is 0 Å². The van der Waals surface area contributed by atoms with Crippen LogP contribution in [0.15, 0.2) is 23.2 Å². The molecule has 0 aliphatic carbocycles. The monoisotopic (exact) mass is 263 g/mol. The molecule has 1 saturated heterocycles. The zero-order chi connectivity index (χ0) is 13.0. The van der Waals surface area contributed by atoms with E-state index in [2.05, 4.69) is 16.2 Å². The largest absolute Gasteiger partial charge is 0.494 e. The highest BCUT2D eigenvalue weighted by Crippen LogP contribution is 2.30. The number of hydrogen-bond donors (Lipinski definition) is 1. The van der Waals surface area contributed by atoms with Gasteiger partial charge in [-0.3, -0.25) is 0 Å². The van der Waals surface area contributed by atoms with Gasteiger partial charge in [-0.25, -0.2) is 4.99 Å². The number of terminal acetylenes is 1. The Labute approximate surface area is 112 Å². The quantitative estimate of drug-likeness (QED) is 0.846. The summed E-state index contributed by atoms with van der Waals surface area (Å²) in [7, 11) is 1.59. The van der Waals surface area contributed by atoms with Crippen molar-refractivity contribution in [2.24, 2.45) is 4.99 Å². The summed E-state index contributed by atoms with van der Waals surface area (Å²) >= 11 is 5.91. The minimum atomic E-state index is 0.543. The first-order valence-corrected chi connectivity index (χ1v) is 5.97. The van der Waals surface area contributed by atoms with Crippen LogP contribution in [0.5, 0.6) is 5.75 Å². The van der Waals surface area contributed by atoms with Crippen molar-refractivity contribution in [1.29, 1.82) is 0 Å². The van der Waals surface area contributed by atoms with Crippen LogP contribution in [-0.4, -0.2) is 37.6 Å². The molecule has 0 bridgehead atoms. The maximum Gasteiger partial charge on any atom is 0.200 e. The zero-order valence-electron chi connectivity index (χ0n) is 10.1. The first-order chi connectivity index (χ1) is 8.74. The molecule has 94 valence electrons. The molecule has 0 atom stereocenters. The van der Waals surface area contributed by atoms with E-state index in [0.717, 1.165) is 24.7 Å². The van der Waals surface area contributed by atoms with Crippen molar-refractivity contribution in [3.8, 4) is 18.1 Å². The average molecular weight is 264 g/mol. The molecule has 1 aromatic carbocycles. The van der Waals surface area contributed by atoms with Gasteiger partial charge in [0.25, 0.3) is 0 Å². The predicted molar refractivity (Wildman–Crippen MR) is 73.5 cm³/mol. The Kier molecular flexibility index (Phi) is 3.96. The van der Waals surface area contributed by atoms with Crippen molar-refractivity contribution in [2.75, 3.05) is 26.7 Å². The van der Waals surface area contributed by atoms with Crippen molar-refractivity contribution >= 4 is 23.2 Å². The lowest BCUT2D eigenvalue weighted by Crippen LogP contribution is -2.30. The van der Waals surface area contributed by atoms with Gasteiger partial charge in [0.1, 0.15) is 11.4 Å². The summed E-state index contributed by atoms with van der Waals surface area (Å²) in [6, 6.07) is 5.34. The van der Waals surface area contributed by atoms with E-state index in [1.165, 1.54) is 0 Å². The molecule has 1 N–H and O–H groups in total. The average Bonchev–Trinajstić information content (AvgIpc) is 2.79. The maximum absolute atomic E-state index is 5.91. The lowest BCUT2D eigenvalue weighted by atomic mass is 10.3. The highest BCUT2D eigenvalue weighted by molar-refractivity contribution is 6.30. The maximum atomic E-state index is 5.91. The Morgan fingerprint density at radius 3 is 3.17 bits per heavy atom. The predicted octanol–water partition coefficient (Wildman–Crippen LogP) is 1.87. The molecule has 0 saturated carbocycles. The minimum absolute atomic E-state index is 0.543. The molecule has 2 rings (SSSR count). The summed E-state index contributed by atoms with van der Waals surface area (Å²) in [5.74, 6) is 4.03. The van der Waals surface area contributed by atoms with E-state index in [1.807, 2.05) is 11.0 Å². The second kappa shape index (κ2) is 5.65. The molecule has 0 spiro atoms. The van der Waals surface area contributed by atoms with Crippen LogP contribution in [0.2, 0.25) is 5.02 Å². The van der Waals surface area contributed by atoms with Gasteiger partial charge in [-0.1, -0.05) is 17.5 Å². The number of nitrogens with one attached hydrogen (secondary N) is 1. The SMILES string of the molecule is C#CCN1CCN/C1=N\c1ccc(Cl)cc1OC. The topological polar surface area (TPSA) is 36.9 Å². The first kappa shape index (κ1) is 12.6. The lowest BCUT2D eigenvalue weighted by molar-refractivity contribution is 0.416. The second-order valence-electron chi connectivity index (χ2n) is 3.80. The van der Waals surface area contributed by atoms with Crippen LogP contribution in [0.4, 0.5) is 5.69 Å². The van der Waals surface area contributed by atoms with E-state index in [-0.39, 0.29) is 0 Å². The van der Waals surface area contributed by atoms with Gasteiger partial charge in [0.05, 0.1) is 13.7 Å². The van der Waals surface area contributed by atoms with Crippen LogP contribution in [0.25, 0.3) is 0 Å². The molecule has 1 aliphatic rings. The molecule has 5 heteroatoms. The highest BCUT2D eigenvalue weighted by Gasteiger charge is 2.17. The van der Waals surface area contributed by atoms with Crippen LogP contribution >= 0.6 is 11.6 Å². The Hall–Kier alpha value is -1.86. The smallest absolute Gasteiger partial charge is 0.200 e. The molecule has 4 nitrogen and oxygen atoms in total. The van der Waals surface area contributed by atoms with Crippen molar-refractivity contribution in [1.82, 2.24) is 10.2 Å². The molecule has 1 fully saturated rings. The molecule has 0 aromatic heterocycles. The number of rotatable bonds is 3. The fraction of sp³-hybridized carbons (Fsp3) is 0.308. The van der Waals surface area contributed by atoms with Gasteiger partial charge in [-0.05, 0) is 12.1 Å². The van der Waals surface area contributed by atoms with Crippen molar-refractivity contribution in [3.05, 3.63) is 23.2 Å². The Morgan fingerprint density at radius 2 is 2.44 bits per heavy atom. The number of benzene rings is 1. The number of hydrogen-bond acceptors (Lipinski definition) is 2. The molecular formula is C13H14ClN3O. The molecule has 1 aliphatic heterocycles. The van der Waals surface area contributed by atoms with Gasteiger partial charge >= 0.3 is 0 Å². The van der Waals surface area contributed by atoms with Gasteiger partial charge in [0.15, 0.2) is 5.96 Å². The van der Waals surface area contributed by atoms with E-state index in [4.69, 9.17) is 22.8 Å². The number of ether oxygens (including phenoxy) is 1. The summed E-state index contributed by atoms with van der Waals surface area (Å²) < 4.78 is 5.25. The van der Waals surface area contributed by atoms with Crippen LogP contribution < -0.4 is 10.1 Å². The first-order valence-electron chi connectivity index (χ1n) is 5.59. The fourth-order valence-electron chi connectivity index (χ4n) is 1.75. The third kappa shape index (κ3) is 2.69. The van der Waals surface area contributed by atoms with Crippen molar-refractivity contribution in [3.63, 3.8) is 0 Å². The number of methoxy groups -OCH3 is 1. The molecule has 0 unspecified atom stereocenters. The van der Waals surface area contributed by atoms with Crippen LogP contribution in [0, 0.1) is 12.3 Å². The van der Waals surface area contributed by atoms with Gasteiger partial charge in [-0.15, -0.1) is 6.42 Å². The van der Waals surface area contributed by atoms with E-state index in [1.54, 1.807) is 19.2 Å². The molecular weight excluding hydrogens is 250 g/mol. The molecule has 1 heterocycles. The third-order valence-corrected chi connectivity index (χ3v) is 2.85. The van der Waals surface area contributed by atoms with E-state index in [0.29, 0.717) is 17.3 Å². The molecule has 1 aromatic rings. The van der Waals surface area contributed by atoms with Crippen LogP contribution in [0.3, 0.4) is 0 Å². The van der Waals surface area contributed by atoms with Crippen LogP contribution in [0.1, 0.15) is 0 Å². The Morgan fingerprint density at radius 1 is 1.61 bits per heavy atom. The number of nitrogens with zero attached hydrogens (tertiary/aromatic N) is 2. The Balaban J connectivity index is 2.29. The summed E-state index contributed by atoms with van der Waals surface area (Å²) in [6.07, 6.45) is 5.32. The third-order valence-electron chi connectivity index (χ3n) is 2.61. The molecule has 18 heavy (non-hydrogen) atoms. The summed E-state index contributed by atoms with van der Waals surface area (Å²) in [5.41, 5.74) is 0.730. The van der Waals surface area contributed by atoms with Crippen molar-refractivity contribution < 1.29 is 4.74 Å². The van der Waals surface area contributed by atoms with Gasteiger partial charge < -0.3 is 15.0 Å². The number of aliphatic imine (C=N–C) groups is 1. The van der Waals surface area contributed by atoms with Gasteiger partial charge in [0.2, 0.25) is 0 Å². The van der Waals surface area contributed by atoms with Crippen LogP contribution in [-0.2, 0) is 0 Å². The highest BCUT2D eigenvalue weighted by atomic mass is 35.5.